The molecule has 2 rings (SSSR count). The van der Waals surface area contributed by atoms with Crippen molar-refractivity contribution in [2.75, 3.05) is 19.8 Å². The molecule has 0 bridgehead atoms. The van der Waals surface area contributed by atoms with Gasteiger partial charge in [0.2, 0.25) is 0 Å². The fourth-order valence-electron chi connectivity index (χ4n) is 2.30. The predicted molar refractivity (Wildman–Crippen MR) is 87.8 cm³/mol. The number of aliphatic hydroxyl groups excluding tert-OH is 1. The van der Waals surface area contributed by atoms with Crippen molar-refractivity contribution in [1.29, 1.82) is 0 Å². The molecule has 0 saturated heterocycles. The molecule has 3 heteroatoms. The molecule has 0 radical (unpaired) electrons. The Morgan fingerprint density at radius 1 is 1.14 bits per heavy atom. The van der Waals surface area contributed by atoms with Crippen molar-refractivity contribution in [3.63, 3.8) is 0 Å². The third kappa shape index (κ3) is 4.45. The normalized spacial score (nSPS) is 14.0. The number of ether oxygens (including phenoxy) is 1. The molecule has 1 unspecified atom stereocenters. The molecule has 2 aromatic rings. The Morgan fingerprint density at radius 3 is 2.62 bits per heavy atom. The van der Waals surface area contributed by atoms with Crippen LogP contribution in [0.1, 0.15) is 26.7 Å². The van der Waals surface area contributed by atoms with Crippen molar-refractivity contribution in [3.05, 3.63) is 42.5 Å². The third-order valence-corrected chi connectivity index (χ3v) is 3.79. The maximum atomic E-state index is 9.53. The Hall–Kier alpha value is -1.58. The van der Waals surface area contributed by atoms with Gasteiger partial charge in [-0.2, -0.15) is 0 Å². The van der Waals surface area contributed by atoms with E-state index in [1.54, 1.807) is 0 Å². The fourth-order valence-corrected chi connectivity index (χ4v) is 2.30. The molecule has 21 heavy (non-hydrogen) atoms. The molecule has 0 amide bonds. The van der Waals surface area contributed by atoms with Gasteiger partial charge in [-0.25, -0.2) is 0 Å². The van der Waals surface area contributed by atoms with Crippen molar-refractivity contribution < 1.29 is 9.84 Å². The standard InChI is InChI=1S/C18H25NO2/c1-3-11-19-18(2,14-20)10-12-21-17-9-8-15-6-4-5-7-16(15)13-17/h4-9,13,19-20H,3,10-12,14H2,1-2H3. The van der Waals surface area contributed by atoms with E-state index >= 15 is 0 Å². The Morgan fingerprint density at radius 2 is 1.90 bits per heavy atom. The van der Waals surface area contributed by atoms with Gasteiger partial charge in [0.15, 0.2) is 0 Å². The molecular weight excluding hydrogens is 262 g/mol. The van der Waals surface area contributed by atoms with Gasteiger partial charge in [0, 0.05) is 12.0 Å². The average molecular weight is 287 g/mol. The minimum atomic E-state index is -0.271. The molecule has 0 aliphatic rings. The summed E-state index contributed by atoms with van der Waals surface area (Å²) in [7, 11) is 0. The van der Waals surface area contributed by atoms with E-state index in [9.17, 15) is 5.11 Å². The first kappa shape index (κ1) is 15.8. The van der Waals surface area contributed by atoms with Crippen molar-refractivity contribution in [2.45, 2.75) is 32.2 Å². The molecule has 0 spiro atoms. The first-order chi connectivity index (χ1) is 10.2. The van der Waals surface area contributed by atoms with Crippen LogP contribution >= 0.6 is 0 Å². The Bertz CT molecular complexity index is 570. The summed E-state index contributed by atoms with van der Waals surface area (Å²) in [6, 6.07) is 14.4. The zero-order chi connectivity index (χ0) is 15.1. The lowest BCUT2D eigenvalue weighted by atomic mass is 9.99. The number of aliphatic hydroxyl groups is 1. The summed E-state index contributed by atoms with van der Waals surface area (Å²) in [5.74, 6) is 0.879. The average Bonchev–Trinajstić information content (AvgIpc) is 2.53. The van der Waals surface area contributed by atoms with Crippen molar-refractivity contribution in [1.82, 2.24) is 5.32 Å². The van der Waals surface area contributed by atoms with Crippen LogP contribution in [-0.4, -0.2) is 30.4 Å². The van der Waals surface area contributed by atoms with Crippen molar-refractivity contribution in [3.8, 4) is 5.75 Å². The van der Waals surface area contributed by atoms with Gasteiger partial charge >= 0.3 is 0 Å². The van der Waals surface area contributed by atoms with Crippen LogP contribution in [0.4, 0.5) is 0 Å². The van der Waals surface area contributed by atoms with Gasteiger partial charge in [0.1, 0.15) is 5.75 Å². The number of hydrogen-bond acceptors (Lipinski definition) is 3. The maximum Gasteiger partial charge on any atom is 0.119 e. The highest BCUT2D eigenvalue weighted by atomic mass is 16.5. The second-order valence-corrected chi connectivity index (χ2v) is 5.75. The SMILES string of the molecule is CCCNC(C)(CO)CCOc1ccc2ccccc2c1. The van der Waals surface area contributed by atoms with E-state index in [1.165, 1.54) is 10.8 Å². The molecule has 0 heterocycles. The zero-order valence-corrected chi connectivity index (χ0v) is 12.9. The Kier molecular flexibility index (Phi) is 5.59. The minimum Gasteiger partial charge on any atom is -0.494 e. The molecule has 2 N–H and O–H groups in total. The van der Waals surface area contributed by atoms with Crippen LogP contribution in [-0.2, 0) is 0 Å². The van der Waals surface area contributed by atoms with Crippen molar-refractivity contribution in [2.24, 2.45) is 0 Å². The molecule has 0 aromatic heterocycles. The van der Waals surface area contributed by atoms with E-state index in [-0.39, 0.29) is 12.1 Å². The van der Waals surface area contributed by atoms with Crippen LogP contribution < -0.4 is 10.1 Å². The summed E-state index contributed by atoms with van der Waals surface area (Å²) in [6.45, 7) is 5.77. The van der Waals surface area contributed by atoms with Crippen molar-refractivity contribution >= 4 is 10.8 Å². The van der Waals surface area contributed by atoms with Gasteiger partial charge in [-0.1, -0.05) is 37.3 Å². The van der Waals surface area contributed by atoms with E-state index in [2.05, 4.69) is 36.5 Å². The highest BCUT2D eigenvalue weighted by molar-refractivity contribution is 5.83. The molecule has 1 atom stereocenters. The van der Waals surface area contributed by atoms with E-state index < -0.39 is 0 Å². The number of rotatable bonds is 8. The maximum absolute atomic E-state index is 9.53. The van der Waals surface area contributed by atoms with Crippen LogP contribution in [0.5, 0.6) is 5.75 Å². The zero-order valence-electron chi connectivity index (χ0n) is 12.9. The highest BCUT2D eigenvalue weighted by Crippen LogP contribution is 2.21. The van der Waals surface area contributed by atoms with Gasteiger partial charge in [-0.3, -0.25) is 0 Å². The molecule has 0 saturated carbocycles. The van der Waals surface area contributed by atoms with Gasteiger partial charge in [-0.05, 0) is 42.8 Å². The summed E-state index contributed by atoms with van der Waals surface area (Å²) in [6.07, 6.45) is 1.83. The lowest BCUT2D eigenvalue weighted by molar-refractivity contribution is 0.144. The molecule has 2 aromatic carbocycles. The summed E-state index contributed by atoms with van der Waals surface area (Å²) >= 11 is 0. The van der Waals surface area contributed by atoms with Crippen LogP contribution in [0.3, 0.4) is 0 Å². The smallest absolute Gasteiger partial charge is 0.119 e. The molecular formula is C18H25NO2. The van der Waals surface area contributed by atoms with E-state index in [4.69, 9.17) is 4.74 Å². The largest absolute Gasteiger partial charge is 0.494 e. The number of nitrogens with one attached hydrogen (secondary N) is 1. The van der Waals surface area contributed by atoms with Crippen LogP contribution in [0.15, 0.2) is 42.5 Å². The second kappa shape index (κ2) is 7.43. The first-order valence-corrected chi connectivity index (χ1v) is 7.64. The predicted octanol–water partition coefficient (Wildman–Crippen LogP) is 3.36. The lowest BCUT2D eigenvalue weighted by Gasteiger charge is -2.28. The Labute approximate surface area is 126 Å². The molecule has 0 fully saturated rings. The Balaban J connectivity index is 1.92. The molecule has 0 aliphatic carbocycles. The second-order valence-electron chi connectivity index (χ2n) is 5.75. The minimum absolute atomic E-state index is 0.119. The molecule has 0 aliphatic heterocycles. The molecule has 114 valence electrons. The van der Waals surface area contributed by atoms with Crippen LogP contribution in [0.25, 0.3) is 10.8 Å². The summed E-state index contributed by atoms with van der Waals surface area (Å²) in [5.41, 5.74) is -0.271. The fraction of sp³-hybridized carbons (Fsp3) is 0.444. The monoisotopic (exact) mass is 287 g/mol. The topological polar surface area (TPSA) is 41.5 Å². The van der Waals surface area contributed by atoms with Gasteiger partial charge < -0.3 is 15.2 Å². The van der Waals surface area contributed by atoms with E-state index in [0.717, 1.165) is 25.1 Å². The summed E-state index contributed by atoms with van der Waals surface area (Å²) in [5, 5.41) is 15.3. The highest BCUT2D eigenvalue weighted by Gasteiger charge is 2.21. The van der Waals surface area contributed by atoms with Gasteiger partial charge in [0.25, 0.3) is 0 Å². The van der Waals surface area contributed by atoms with E-state index in [0.29, 0.717) is 6.61 Å². The van der Waals surface area contributed by atoms with E-state index in [1.807, 2.05) is 25.1 Å². The number of fused-ring (bicyclic) bond motifs is 1. The quantitative estimate of drug-likeness (QED) is 0.782. The van der Waals surface area contributed by atoms with Crippen LogP contribution in [0.2, 0.25) is 0 Å². The number of hydrogen-bond donors (Lipinski definition) is 2. The van der Waals surface area contributed by atoms with Gasteiger partial charge in [-0.15, -0.1) is 0 Å². The summed E-state index contributed by atoms with van der Waals surface area (Å²) < 4.78 is 5.84. The lowest BCUT2D eigenvalue weighted by Crippen LogP contribution is -2.47. The van der Waals surface area contributed by atoms with Crippen LogP contribution in [0, 0.1) is 0 Å². The summed E-state index contributed by atoms with van der Waals surface area (Å²) in [4.78, 5) is 0. The third-order valence-electron chi connectivity index (χ3n) is 3.79. The molecule has 3 nitrogen and oxygen atoms in total. The number of benzene rings is 2. The van der Waals surface area contributed by atoms with Gasteiger partial charge in [0.05, 0.1) is 13.2 Å². The first-order valence-electron chi connectivity index (χ1n) is 7.64.